The van der Waals surface area contributed by atoms with Gasteiger partial charge in [-0.3, -0.25) is 9.69 Å². The van der Waals surface area contributed by atoms with Crippen molar-refractivity contribution in [3.8, 4) is 5.75 Å². The highest BCUT2D eigenvalue weighted by atomic mass is 16.5. The van der Waals surface area contributed by atoms with Gasteiger partial charge >= 0.3 is 5.97 Å². The Morgan fingerprint density at radius 2 is 2.17 bits per heavy atom. The summed E-state index contributed by atoms with van der Waals surface area (Å²) in [6.07, 6.45) is 2.99. The Labute approximate surface area is 144 Å². The minimum absolute atomic E-state index is 0.0133. The minimum Gasteiger partial charge on any atom is -0.496 e. The average Bonchev–Trinajstić information content (AvgIpc) is 2.57. The zero-order chi connectivity index (χ0) is 17.1. The molecule has 5 rings (SSSR count). The van der Waals surface area contributed by atoms with Crippen molar-refractivity contribution in [2.75, 3.05) is 20.8 Å². The molecule has 5 unspecified atom stereocenters. The fourth-order valence-electron chi connectivity index (χ4n) is 5.82. The van der Waals surface area contributed by atoms with Gasteiger partial charge < -0.3 is 9.47 Å². The zero-order valence-electron chi connectivity index (χ0n) is 15.0. The molecule has 130 valence electrons. The lowest BCUT2D eigenvalue weighted by Gasteiger charge is -2.63. The number of nitrogens with zero attached hydrogens (tertiary/aromatic N) is 1. The summed E-state index contributed by atoms with van der Waals surface area (Å²) in [5.74, 6) is 1.49. The van der Waals surface area contributed by atoms with Crippen LogP contribution in [-0.2, 0) is 21.4 Å². The SMILES string of the molecule is CCOC(=O)C1CC2C3Cc4cccc(OC)c4C2(C)CC1N3C. The normalized spacial score (nSPS) is 37.0. The first-order valence-electron chi connectivity index (χ1n) is 9.06. The maximum Gasteiger partial charge on any atom is 0.310 e. The quantitative estimate of drug-likeness (QED) is 0.800. The van der Waals surface area contributed by atoms with Crippen molar-refractivity contribution in [3.63, 3.8) is 0 Å². The van der Waals surface area contributed by atoms with Crippen LogP contribution in [0.3, 0.4) is 0 Å². The first-order chi connectivity index (χ1) is 11.5. The zero-order valence-corrected chi connectivity index (χ0v) is 15.0. The van der Waals surface area contributed by atoms with Crippen molar-refractivity contribution >= 4 is 5.97 Å². The number of hydrogen-bond acceptors (Lipinski definition) is 4. The number of carbonyl (C=O) groups is 1. The Bertz CT molecular complexity index is 673. The molecule has 4 heteroatoms. The smallest absolute Gasteiger partial charge is 0.310 e. The van der Waals surface area contributed by atoms with Gasteiger partial charge in [-0.05, 0) is 50.8 Å². The Balaban J connectivity index is 1.77. The molecule has 2 heterocycles. The van der Waals surface area contributed by atoms with Gasteiger partial charge in [-0.15, -0.1) is 0 Å². The van der Waals surface area contributed by atoms with Crippen LogP contribution in [0.4, 0.5) is 0 Å². The monoisotopic (exact) mass is 329 g/mol. The van der Waals surface area contributed by atoms with E-state index in [4.69, 9.17) is 9.47 Å². The summed E-state index contributed by atoms with van der Waals surface area (Å²) in [7, 11) is 3.96. The molecule has 4 aliphatic rings. The number of rotatable bonds is 3. The molecule has 0 amide bonds. The maximum absolute atomic E-state index is 12.5. The average molecular weight is 329 g/mol. The molecule has 0 radical (unpaired) electrons. The molecular formula is C20H27NO3. The number of ether oxygens (including phenoxy) is 2. The number of benzene rings is 1. The Hall–Kier alpha value is -1.55. The highest BCUT2D eigenvalue weighted by Crippen LogP contribution is 2.59. The molecule has 2 aliphatic heterocycles. The van der Waals surface area contributed by atoms with E-state index in [0.29, 0.717) is 18.6 Å². The summed E-state index contributed by atoms with van der Waals surface area (Å²) >= 11 is 0. The van der Waals surface area contributed by atoms with E-state index in [9.17, 15) is 4.79 Å². The lowest BCUT2D eigenvalue weighted by atomic mass is 9.50. The molecule has 0 N–H and O–H groups in total. The Kier molecular flexibility index (Phi) is 3.64. The van der Waals surface area contributed by atoms with E-state index in [-0.39, 0.29) is 23.3 Å². The first kappa shape index (κ1) is 15.9. The molecule has 5 atom stereocenters. The lowest BCUT2D eigenvalue weighted by Crippen LogP contribution is -2.68. The molecule has 24 heavy (non-hydrogen) atoms. The fourth-order valence-corrected chi connectivity index (χ4v) is 5.82. The molecule has 4 bridgehead atoms. The van der Waals surface area contributed by atoms with Crippen LogP contribution in [0.15, 0.2) is 18.2 Å². The summed E-state index contributed by atoms with van der Waals surface area (Å²) in [5, 5.41) is 0. The van der Waals surface area contributed by atoms with E-state index in [1.54, 1.807) is 7.11 Å². The third-order valence-electron chi connectivity index (χ3n) is 6.86. The van der Waals surface area contributed by atoms with Crippen molar-refractivity contribution in [1.82, 2.24) is 4.90 Å². The van der Waals surface area contributed by atoms with E-state index in [1.165, 1.54) is 11.1 Å². The predicted molar refractivity (Wildman–Crippen MR) is 92.2 cm³/mol. The van der Waals surface area contributed by atoms with Crippen molar-refractivity contribution in [2.24, 2.45) is 11.8 Å². The van der Waals surface area contributed by atoms with Crippen LogP contribution >= 0.6 is 0 Å². The van der Waals surface area contributed by atoms with Crippen molar-refractivity contribution in [1.29, 1.82) is 0 Å². The molecule has 1 aromatic carbocycles. The second kappa shape index (κ2) is 5.48. The number of hydrogen-bond donors (Lipinski definition) is 0. The number of esters is 1. The van der Waals surface area contributed by atoms with E-state index >= 15 is 0 Å². The molecule has 1 saturated carbocycles. The molecule has 3 fully saturated rings. The highest BCUT2D eigenvalue weighted by Gasteiger charge is 2.61. The van der Waals surface area contributed by atoms with Gasteiger partial charge in [0.25, 0.3) is 0 Å². The van der Waals surface area contributed by atoms with Gasteiger partial charge in [-0.25, -0.2) is 0 Å². The summed E-state index contributed by atoms with van der Waals surface area (Å²) in [4.78, 5) is 14.9. The first-order valence-corrected chi connectivity index (χ1v) is 9.06. The van der Waals surface area contributed by atoms with Crippen LogP contribution in [-0.4, -0.2) is 43.7 Å². The van der Waals surface area contributed by atoms with Crippen LogP contribution in [0.25, 0.3) is 0 Å². The second-order valence-electron chi connectivity index (χ2n) is 7.82. The molecule has 2 aliphatic carbocycles. The summed E-state index contributed by atoms with van der Waals surface area (Å²) in [6, 6.07) is 7.21. The van der Waals surface area contributed by atoms with Crippen LogP contribution < -0.4 is 4.74 Å². The predicted octanol–water partition coefficient (Wildman–Crippen LogP) is 2.78. The van der Waals surface area contributed by atoms with Gasteiger partial charge in [0.2, 0.25) is 0 Å². The van der Waals surface area contributed by atoms with Crippen LogP contribution in [0.1, 0.15) is 37.8 Å². The standard InChI is InChI=1S/C20H27NO3/c1-5-24-19(22)13-10-14-15-9-12-7-6-8-17(23-4)18(12)20(14,2)11-16(13)21(15)3/h6-8,13-16H,5,9-11H2,1-4H3. The minimum atomic E-state index is -0.0133. The van der Waals surface area contributed by atoms with Crippen molar-refractivity contribution in [3.05, 3.63) is 29.3 Å². The van der Waals surface area contributed by atoms with Gasteiger partial charge in [0, 0.05) is 23.1 Å². The molecular weight excluding hydrogens is 302 g/mol. The van der Waals surface area contributed by atoms with E-state index in [2.05, 4.69) is 37.1 Å². The van der Waals surface area contributed by atoms with Crippen molar-refractivity contribution in [2.45, 2.75) is 50.6 Å². The van der Waals surface area contributed by atoms with Crippen LogP contribution in [0.5, 0.6) is 5.75 Å². The van der Waals surface area contributed by atoms with Gasteiger partial charge in [-0.2, -0.15) is 0 Å². The summed E-state index contributed by atoms with van der Waals surface area (Å²) < 4.78 is 11.1. The number of likely N-dealkylation sites (N-methyl/N-ethyl adjacent to an activating group) is 1. The van der Waals surface area contributed by atoms with Gasteiger partial charge in [0.1, 0.15) is 5.75 Å². The molecule has 2 saturated heterocycles. The van der Waals surface area contributed by atoms with E-state index in [0.717, 1.165) is 25.0 Å². The van der Waals surface area contributed by atoms with Gasteiger partial charge in [0.15, 0.2) is 0 Å². The molecule has 0 aromatic heterocycles. The van der Waals surface area contributed by atoms with Crippen LogP contribution in [0.2, 0.25) is 0 Å². The number of methoxy groups -OCH3 is 1. The number of fused-ring (bicyclic) bond motifs is 2. The third-order valence-corrected chi connectivity index (χ3v) is 6.86. The topological polar surface area (TPSA) is 38.8 Å². The van der Waals surface area contributed by atoms with E-state index < -0.39 is 0 Å². The molecule has 4 nitrogen and oxygen atoms in total. The third kappa shape index (κ3) is 1.98. The molecule has 0 spiro atoms. The Morgan fingerprint density at radius 3 is 2.88 bits per heavy atom. The van der Waals surface area contributed by atoms with Gasteiger partial charge in [-0.1, -0.05) is 19.1 Å². The van der Waals surface area contributed by atoms with E-state index in [1.807, 2.05) is 6.92 Å². The summed E-state index contributed by atoms with van der Waals surface area (Å²) in [6.45, 7) is 4.74. The second-order valence-corrected chi connectivity index (χ2v) is 7.82. The molecule has 1 aromatic rings. The van der Waals surface area contributed by atoms with Crippen molar-refractivity contribution < 1.29 is 14.3 Å². The highest BCUT2D eigenvalue weighted by molar-refractivity contribution is 5.74. The van der Waals surface area contributed by atoms with Crippen LogP contribution in [0, 0.1) is 11.8 Å². The number of piperidine rings is 2. The van der Waals surface area contributed by atoms with Gasteiger partial charge in [0.05, 0.1) is 19.6 Å². The lowest BCUT2D eigenvalue weighted by molar-refractivity contribution is -0.164. The maximum atomic E-state index is 12.5. The Morgan fingerprint density at radius 1 is 1.38 bits per heavy atom. The largest absolute Gasteiger partial charge is 0.496 e. The number of carbonyl (C=O) groups excluding carboxylic acids is 1. The fraction of sp³-hybridized carbons (Fsp3) is 0.650. The summed E-state index contributed by atoms with van der Waals surface area (Å²) in [5.41, 5.74) is 2.89.